The molecule has 0 heterocycles. The standard InChI is InChI=1S/C28H42N2O2/c1-21-13-11-12-20-25(21)28(32)30(24-18-9-4-10-19-24)26(22-14-5-2-6-15-22)27(31)29-23-16-7-3-8-17-23/h11-13,20,22-24,26H,2-10,14-19H2,1H3,(H,29,31). The summed E-state index contributed by atoms with van der Waals surface area (Å²) in [5.74, 6) is 0.475. The average molecular weight is 439 g/mol. The van der Waals surface area contributed by atoms with Crippen LogP contribution in [0.4, 0.5) is 0 Å². The fourth-order valence-corrected chi connectivity index (χ4v) is 6.38. The highest BCUT2D eigenvalue weighted by Crippen LogP contribution is 2.35. The van der Waals surface area contributed by atoms with E-state index in [2.05, 4.69) is 10.2 Å². The monoisotopic (exact) mass is 438 g/mol. The Kier molecular flexibility index (Phi) is 8.26. The molecule has 3 fully saturated rings. The molecular formula is C28H42N2O2. The summed E-state index contributed by atoms with van der Waals surface area (Å²) in [5, 5.41) is 3.42. The van der Waals surface area contributed by atoms with E-state index >= 15 is 0 Å². The Morgan fingerprint density at radius 1 is 0.812 bits per heavy atom. The van der Waals surface area contributed by atoms with E-state index in [9.17, 15) is 9.59 Å². The predicted octanol–water partition coefficient (Wildman–Crippen LogP) is 6.17. The molecule has 0 aromatic heterocycles. The van der Waals surface area contributed by atoms with Gasteiger partial charge in [-0.05, 0) is 63.0 Å². The molecule has 0 saturated heterocycles. The lowest BCUT2D eigenvalue weighted by atomic mass is 9.80. The van der Waals surface area contributed by atoms with Gasteiger partial charge in [0, 0.05) is 17.6 Å². The fourth-order valence-electron chi connectivity index (χ4n) is 6.38. The van der Waals surface area contributed by atoms with Crippen molar-refractivity contribution in [1.82, 2.24) is 10.2 Å². The van der Waals surface area contributed by atoms with E-state index in [0.717, 1.165) is 62.5 Å². The Morgan fingerprint density at radius 3 is 2.00 bits per heavy atom. The van der Waals surface area contributed by atoms with Crippen LogP contribution in [0.15, 0.2) is 24.3 Å². The van der Waals surface area contributed by atoms with E-state index < -0.39 is 0 Å². The van der Waals surface area contributed by atoms with Crippen LogP contribution in [0.1, 0.15) is 112 Å². The molecule has 1 unspecified atom stereocenters. The maximum atomic E-state index is 14.1. The van der Waals surface area contributed by atoms with Crippen LogP contribution in [0, 0.1) is 12.8 Å². The van der Waals surface area contributed by atoms with Gasteiger partial charge in [-0.2, -0.15) is 0 Å². The molecule has 1 N–H and O–H groups in total. The normalized spacial score (nSPS) is 22.3. The zero-order valence-corrected chi connectivity index (χ0v) is 20.0. The van der Waals surface area contributed by atoms with Gasteiger partial charge in [0.2, 0.25) is 5.91 Å². The maximum Gasteiger partial charge on any atom is 0.255 e. The molecular weight excluding hydrogens is 396 g/mol. The van der Waals surface area contributed by atoms with Crippen LogP contribution in [0.5, 0.6) is 0 Å². The van der Waals surface area contributed by atoms with Crippen molar-refractivity contribution in [3.8, 4) is 0 Å². The van der Waals surface area contributed by atoms with E-state index in [4.69, 9.17) is 0 Å². The Bertz CT molecular complexity index is 758. The number of nitrogens with zero attached hydrogens (tertiary/aromatic N) is 1. The van der Waals surface area contributed by atoms with Crippen LogP contribution in [-0.2, 0) is 4.79 Å². The number of hydrogen-bond donors (Lipinski definition) is 1. The highest BCUT2D eigenvalue weighted by Gasteiger charge is 2.41. The van der Waals surface area contributed by atoms with Crippen LogP contribution in [-0.4, -0.2) is 34.8 Å². The van der Waals surface area contributed by atoms with Crippen molar-refractivity contribution in [2.24, 2.45) is 5.92 Å². The highest BCUT2D eigenvalue weighted by molar-refractivity contribution is 5.99. The fraction of sp³-hybridized carbons (Fsp3) is 0.714. The minimum atomic E-state index is -0.326. The second kappa shape index (κ2) is 11.3. The predicted molar refractivity (Wildman–Crippen MR) is 130 cm³/mol. The van der Waals surface area contributed by atoms with Crippen molar-refractivity contribution in [2.45, 2.75) is 121 Å². The number of benzene rings is 1. The molecule has 4 heteroatoms. The van der Waals surface area contributed by atoms with Crippen molar-refractivity contribution >= 4 is 11.8 Å². The van der Waals surface area contributed by atoms with E-state index in [-0.39, 0.29) is 35.9 Å². The second-order valence-corrected chi connectivity index (χ2v) is 10.5. The lowest BCUT2D eigenvalue weighted by Gasteiger charge is -2.44. The van der Waals surface area contributed by atoms with Gasteiger partial charge in [0.15, 0.2) is 0 Å². The number of hydrogen-bond acceptors (Lipinski definition) is 2. The number of carbonyl (C=O) groups is 2. The Morgan fingerprint density at radius 2 is 1.38 bits per heavy atom. The van der Waals surface area contributed by atoms with Crippen molar-refractivity contribution in [1.29, 1.82) is 0 Å². The average Bonchev–Trinajstić information content (AvgIpc) is 2.84. The van der Waals surface area contributed by atoms with Crippen LogP contribution < -0.4 is 5.32 Å². The van der Waals surface area contributed by atoms with Gasteiger partial charge in [-0.25, -0.2) is 0 Å². The number of rotatable bonds is 6. The summed E-state index contributed by atoms with van der Waals surface area (Å²) < 4.78 is 0. The third-order valence-electron chi connectivity index (χ3n) is 8.19. The quantitative estimate of drug-likeness (QED) is 0.577. The van der Waals surface area contributed by atoms with Gasteiger partial charge >= 0.3 is 0 Å². The van der Waals surface area contributed by atoms with E-state index in [1.807, 2.05) is 31.2 Å². The van der Waals surface area contributed by atoms with E-state index in [1.54, 1.807) is 0 Å². The first-order chi connectivity index (χ1) is 15.6. The molecule has 3 saturated carbocycles. The molecule has 1 atom stereocenters. The van der Waals surface area contributed by atoms with Crippen molar-refractivity contribution in [3.63, 3.8) is 0 Å². The summed E-state index contributed by atoms with van der Waals surface area (Å²) in [6, 6.07) is 8.05. The van der Waals surface area contributed by atoms with Gasteiger partial charge in [0.1, 0.15) is 6.04 Å². The Hall–Kier alpha value is -1.84. The Labute approximate surface area is 194 Å². The van der Waals surface area contributed by atoms with Crippen LogP contribution >= 0.6 is 0 Å². The molecule has 0 bridgehead atoms. The number of aryl methyl sites for hydroxylation is 1. The van der Waals surface area contributed by atoms with Crippen LogP contribution in [0.2, 0.25) is 0 Å². The van der Waals surface area contributed by atoms with Gasteiger partial charge in [0.25, 0.3) is 5.91 Å². The molecule has 0 aliphatic heterocycles. The molecule has 3 aliphatic carbocycles. The third-order valence-corrected chi connectivity index (χ3v) is 8.19. The summed E-state index contributed by atoms with van der Waals surface area (Å²) in [7, 11) is 0. The molecule has 4 rings (SSSR count). The van der Waals surface area contributed by atoms with Gasteiger partial charge in [-0.1, -0.05) is 76.0 Å². The first-order valence-corrected chi connectivity index (χ1v) is 13.3. The molecule has 176 valence electrons. The zero-order valence-electron chi connectivity index (χ0n) is 20.0. The molecule has 1 aromatic carbocycles. The minimum Gasteiger partial charge on any atom is -0.352 e. The second-order valence-electron chi connectivity index (χ2n) is 10.5. The van der Waals surface area contributed by atoms with Crippen molar-refractivity contribution in [2.75, 3.05) is 0 Å². The van der Waals surface area contributed by atoms with Crippen molar-refractivity contribution in [3.05, 3.63) is 35.4 Å². The molecule has 32 heavy (non-hydrogen) atoms. The number of carbonyl (C=O) groups excluding carboxylic acids is 2. The van der Waals surface area contributed by atoms with E-state index in [1.165, 1.54) is 44.9 Å². The summed E-state index contributed by atoms with van der Waals surface area (Å²) in [6.07, 6.45) is 17.2. The summed E-state index contributed by atoms with van der Waals surface area (Å²) in [4.78, 5) is 30.1. The third kappa shape index (κ3) is 5.55. The topological polar surface area (TPSA) is 49.4 Å². The zero-order chi connectivity index (χ0) is 22.3. The molecule has 1 aromatic rings. The summed E-state index contributed by atoms with van der Waals surface area (Å²) >= 11 is 0. The first kappa shape index (κ1) is 23.3. The van der Waals surface area contributed by atoms with Gasteiger partial charge in [0.05, 0.1) is 0 Å². The molecule has 0 radical (unpaired) electrons. The maximum absolute atomic E-state index is 14.1. The largest absolute Gasteiger partial charge is 0.352 e. The van der Waals surface area contributed by atoms with Gasteiger partial charge in [-0.15, -0.1) is 0 Å². The smallest absolute Gasteiger partial charge is 0.255 e. The van der Waals surface area contributed by atoms with E-state index in [0.29, 0.717) is 0 Å². The SMILES string of the molecule is Cc1ccccc1C(=O)N(C1CCCCC1)C(C(=O)NC1CCCCC1)C1CCCCC1. The van der Waals surface area contributed by atoms with Crippen LogP contribution in [0.3, 0.4) is 0 Å². The molecule has 0 spiro atoms. The van der Waals surface area contributed by atoms with Gasteiger partial charge < -0.3 is 10.2 Å². The van der Waals surface area contributed by atoms with Crippen molar-refractivity contribution < 1.29 is 9.59 Å². The number of amides is 2. The van der Waals surface area contributed by atoms with Crippen LogP contribution in [0.25, 0.3) is 0 Å². The number of nitrogens with one attached hydrogen (secondary N) is 1. The molecule has 3 aliphatic rings. The molecule has 4 nitrogen and oxygen atoms in total. The van der Waals surface area contributed by atoms with Gasteiger partial charge in [-0.3, -0.25) is 9.59 Å². The summed E-state index contributed by atoms with van der Waals surface area (Å²) in [6.45, 7) is 2.02. The lowest BCUT2D eigenvalue weighted by molar-refractivity contribution is -0.130. The first-order valence-electron chi connectivity index (χ1n) is 13.3. The minimum absolute atomic E-state index is 0.0735. The lowest BCUT2D eigenvalue weighted by Crippen LogP contribution is -2.59. The highest BCUT2D eigenvalue weighted by atomic mass is 16.2. The summed E-state index contributed by atoms with van der Waals surface area (Å²) in [5.41, 5.74) is 1.78. The molecule has 2 amide bonds. The Balaban J connectivity index is 1.66.